The SMILES string of the molecule is CCS[C@@H]1CC[C@H](NCc2c(C)noc2C)C1. The molecule has 1 N–H and O–H groups in total. The molecular weight excluding hydrogens is 232 g/mol. The number of nitrogens with zero attached hydrogens (tertiary/aromatic N) is 1. The second-order valence-electron chi connectivity index (χ2n) is 4.77. The van der Waals surface area contributed by atoms with E-state index in [1.54, 1.807) is 0 Å². The Morgan fingerprint density at radius 3 is 2.88 bits per heavy atom. The number of hydrogen-bond acceptors (Lipinski definition) is 4. The Balaban J connectivity index is 1.80. The molecule has 0 bridgehead atoms. The highest BCUT2D eigenvalue weighted by molar-refractivity contribution is 7.99. The van der Waals surface area contributed by atoms with E-state index in [1.165, 1.54) is 30.6 Å². The molecule has 0 amide bonds. The van der Waals surface area contributed by atoms with Crippen molar-refractivity contribution in [2.45, 2.75) is 57.9 Å². The molecule has 0 aliphatic heterocycles. The van der Waals surface area contributed by atoms with Gasteiger partial charge in [-0.15, -0.1) is 0 Å². The third-order valence-corrected chi connectivity index (χ3v) is 4.77. The molecule has 1 aliphatic rings. The summed E-state index contributed by atoms with van der Waals surface area (Å²) >= 11 is 2.10. The van der Waals surface area contributed by atoms with Gasteiger partial charge in [0, 0.05) is 23.4 Å². The topological polar surface area (TPSA) is 38.1 Å². The highest BCUT2D eigenvalue weighted by Gasteiger charge is 2.24. The zero-order valence-electron chi connectivity index (χ0n) is 11.0. The van der Waals surface area contributed by atoms with Gasteiger partial charge in [0.05, 0.1) is 5.69 Å². The molecule has 1 fully saturated rings. The van der Waals surface area contributed by atoms with E-state index < -0.39 is 0 Å². The fraction of sp³-hybridized carbons (Fsp3) is 0.769. The Morgan fingerprint density at radius 2 is 2.24 bits per heavy atom. The van der Waals surface area contributed by atoms with Crippen LogP contribution in [0.2, 0.25) is 0 Å². The quantitative estimate of drug-likeness (QED) is 0.876. The summed E-state index contributed by atoms with van der Waals surface area (Å²) in [5.41, 5.74) is 2.25. The van der Waals surface area contributed by atoms with Crippen LogP contribution >= 0.6 is 11.8 Å². The molecule has 1 aliphatic carbocycles. The van der Waals surface area contributed by atoms with Gasteiger partial charge in [-0.3, -0.25) is 0 Å². The standard InChI is InChI=1S/C13H22N2OS/c1-4-17-12-6-5-11(7-12)14-8-13-9(2)15-16-10(13)3/h11-12,14H,4-8H2,1-3H3/t11-,12+/m0/s1. The van der Waals surface area contributed by atoms with E-state index in [0.717, 1.165) is 23.2 Å². The summed E-state index contributed by atoms with van der Waals surface area (Å²) in [5, 5.41) is 8.49. The monoisotopic (exact) mass is 254 g/mol. The lowest BCUT2D eigenvalue weighted by Crippen LogP contribution is -2.26. The third-order valence-electron chi connectivity index (χ3n) is 3.54. The predicted octanol–water partition coefficient (Wildman–Crippen LogP) is 3.06. The molecule has 17 heavy (non-hydrogen) atoms. The van der Waals surface area contributed by atoms with E-state index in [4.69, 9.17) is 4.52 Å². The van der Waals surface area contributed by atoms with E-state index in [1.807, 2.05) is 13.8 Å². The van der Waals surface area contributed by atoms with Crippen LogP contribution in [0.1, 0.15) is 43.2 Å². The summed E-state index contributed by atoms with van der Waals surface area (Å²) in [6, 6.07) is 0.674. The lowest BCUT2D eigenvalue weighted by atomic mass is 10.2. The van der Waals surface area contributed by atoms with E-state index in [-0.39, 0.29) is 0 Å². The van der Waals surface area contributed by atoms with E-state index in [9.17, 15) is 0 Å². The molecule has 96 valence electrons. The molecule has 1 aromatic rings. The average molecular weight is 254 g/mol. The van der Waals surface area contributed by atoms with E-state index in [0.29, 0.717) is 6.04 Å². The van der Waals surface area contributed by atoms with Crippen LogP contribution in [0.3, 0.4) is 0 Å². The Bertz CT molecular complexity index is 345. The minimum atomic E-state index is 0.674. The second-order valence-corrected chi connectivity index (χ2v) is 6.35. The van der Waals surface area contributed by atoms with Crippen molar-refractivity contribution in [1.82, 2.24) is 10.5 Å². The summed E-state index contributed by atoms with van der Waals surface area (Å²) in [4.78, 5) is 0. The smallest absolute Gasteiger partial charge is 0.138 e. The third kappa shape index (κ3) is 3.26. The second kappa shape index (κ2) is 5.91. The predicted molar refractivity (Wildman–Crippen MR) is 72.4 cm³/mol. The maximum absolute atomic E-state index is 5.18. The van der Waals surface area contributed by atoms with Gasteiger partial charge in [0.25, 0.3) is 0 Å². The van der Waals surface area contributed by atoms with Gasteiger partial charge in [-0.25, -0.2) is 0 Å². The van der Waals surface area contributed by atoms with Crippen LogP contribution in [0.4, 0.5) is 0 Å². The van der Waals surface area contributed by atoms with Gasteiger partial charge in [0.15, 0.2) is 0 Å². The highest BCUT2D eigenvalue weighted by atomic mass is 32.2. The summed E-state index contributed by atoms with van der Waals surface area (Å²) in [7, 11) is 0. The Hall–Kier alpha value is -0.480. The van der Waals surface area contributed by atoms with Crippen molar-refractivity contribution >= 4 is 11.8 Å². The molecule has 0 saturated heterocycles. The van der Waals surface area contributed by atoms with Crippen molar-refractivity contribution < 1.29 is 4.52 Å². The maximum Gasteiger partial charge on any atom is 0.138 e. The van der Waals surface area contributed by atoms with Crippen molar-refractivity contribution in [1.29, 1.82) is 0 Å². The molecule has 0 aromatic carbocycles. The van der Waals surface area contributed by atoms with Gasteiger partial charge in [-0.2, -0.15) is 11.8 Å². The van der Waals surface area contributed by atoms with Gasteiger partial charge < -0.3 is 9.84 Å². The molecule has 1 aromatic heterocycles. The van der Waals surface area contributed by atoms with Crippen LogP contribution in [0.5, 0.6) is 0 Å². The van der Waals surface area contributed by atoms with Crippen LogP contribution in [-0.4, -0.2) is 22.2 Å². The van der Waals surface area contributed by atoms with Gasteiger partial charge in [-0.1, -0.05) is 12.1 Å². The molecule has 0 spiro atoms. The fourth-order valence-electron chi connectivity index (χ4n) is 2.51. The molecule has 0 unspecified atom stereocenters. The molecule has 2 rings (SSSR count). The molecule has 1 saturated carbocycles. The van der Waals surface area contributed by atoms with Crippen molar-refractivity contribution in [3.63, 3.8) is 0 Å². The number of hydrogen-bond donors (Lipinski definition) is 1. The molecule has 0 radical (unpaired) electrons. The summed E-state index contributed by atoms with van der Waals surface area (Å²) in [5.74, 6) is 2.19. The number of aryl methyl sites for hydroxylation is 2. The number of rotatable bonds is 5. The summed E-state index contributed by atoms with van der Waals surface area (Å²) in [6.45, 7) is 7.14. The van der Waals surface area contributed by atoms with Crippen molar-refractivity contribution in [2.75, 3.05) is 5.75 Å². The van der Waals surface area contributed by atoms with Crippen molar-refractivity contribution in [3.8, 4) is 0 Å². The summed E-state index contributed by atoms with van der Waals surface area (Å²) < 4.78 is 5.18. The number of nitrogens with one attached hydrogen (secondary N) is 1. The zero-order chi connectivity index (χ0) is 12.3. The average Bonchev–Trinajstić information content (AvgIpc) is 2.86. The molecule has 2 atom stereocenters. The maximum atomic E-state index is 5.18. The highest BCUT2D eigenvalue weighted by Crippen LogP contribution is 2.30. The number of aromatic nitrogens is 1. The van der Waals surface area contributed by atoms with Crippen LogP contribution in [0, 0.1) is 13.8 Å². The van der Waals surface area contributed by atoms with Crippen LogP contribution in [0.25, 0.3) is 0 Å². The lowest BCUT2D eigenvalue weighted by molar-refractivity contribution is 0.391. The first kappa shape index (κ1) is 13.0. The minimum absolute atomic E-state index is 0.674. The molecule has 3 nitrogen and oxygen atoms in total. The van der Waals surface area contributed by atoms with Crippen molar-refractivity contribution in [2.24, 2.45) is 0 Å². The van der Waals surface area contributed by atoms with Crippen LogP contribution in [-0.2, 0) is 6.54 Å². The van der Waals surface area contributed by atoms with Gasteiger partial charge in [0.2, 0.25) is 0 Å². The van der Waals surface area contributed by atoms with Gasteiger partial charge in [0.1, 0.15) is 5.76 Å². The normalized spacial score (nSPS) is 24.4. The Labute approximate surface area is 108 Å². The van der Waals surface area contributed by atoms with Gasteiger partial charge in [-0.05, 0) is 38.9 Å². The van der Waals surface area contributed by atoms with Gasteiger partial charge >= 0.3 is 0 Å². The van der Waals surface area contributed by atoms with Crippen LogP contribution in [0.15, 0.2) is 4.52 Å². The number of thioether (sulfide) groups is 1. The fourth-order valence-corrected chi connectivity index (χ4v) is 3.66. The van der Waals surface area contributed by atoms with E-state index in [2.05, 4.69) is 29.2 Å². The minimum Gasteiger partial charge on any atom is -0.361 e. The first-order chi connectivity index (χ1) is 8.20. The Morgan fingerprint density at radius 1 is 1.41 bits per heavy atom. The first-order valence-electron chi connectivity index (χ1n) is 6.47. The molecular formula is C13H22N2OS. The van der Waals surface area contributed by atoms with Crippen molar-refractivity contribution in [3.05, 3.63) is 17.0 Å². The molecule has 1 heterocycles. The summed E-state index contributed by atoms with van der Waals surface area (Å²) in [6.07, 6.45) is 3.97. The molecule has 4 heteroatoms. The lowest BCUT2D eigenvalue weighted by Gasteiger charge is -2.12. The largest absolute Gasteiger partial charge is 0.361 e. The first-order valence-corrected chi connectivity index (χ1v) is 7.52. The zero-order valence-corrected chi connectivity index (χ0v) is 11.8. The van der Waals surface area contributed by atoms with Crippen LogP contribution < -0.4 is 5.32 Å². The van der Waals surface area contributed by atoms with E-state index >= 15 is 0 Å². The Kier molecular flexibility index (Phi) is 4.51.